The number of sulfonamides is 1. The van der Waals surface area contributed by atoms with E-state index in [1.807, 2.05) is 6.92 Å². The summed E-state index contributed by atoms with van der Waals surface area (Å²) in [5, 5.41) is 0. The summed E-state index contributed by atoms with van der Waals surface area (Å²) in [6.45, 7) is 5.02. The number of piperazine rings is 1. The van der Waals surface area contributed by atoms with E-state index < -0.39 is 22.0 Å². The van der Waals surface area contributed by atoms with Crippen LogP contribution in [0.2, 0.25) is 0 Å². The predicted molar refractivity (Wildman–Crippen MR) is 129 cm³/mol. The van der Waals surface area contributed by atoms with Crippen molar-refractivity contribution < 1.29 is 27.1 Å². The number of thiazole rings is 1. The molecule has 1 aromatic heterocycles. The van der Waals surface area contributed by atoms with Crippen LogP contribution in [-0.4, -0.2) is 67.0 Å². The van der Waals surface area contributed by atoms with Gasteiger partial charge in [-0.3, -0.25) is 4.79 Å². The van der Waals surface area contributed by atoms with Crippen molar-refractivity contribution in [1.29, 1.82) is 0 Å². The summed E-state index contributed by atoms with van der Waals surface area (Å²) >= 11 is 1.21. The van der Waals surface area contributed by atoms with Crippen LogP contribution in [0.3, 0.4) is 0 Å². The Morgan fingerprint density at radius 1 is 1.06 bits per heavy atom. The molecule has 9 nitrogen and oxygen atoms in total. The maximum atomic E-state index is 14.3. The van der Waals surface area contributed by atoms with Gasteiger partial charge in [0.25, 0.3) is 5.91 Å². The second-order valence-corrected chi connectivity index (χ2v) is 10.7. The van der Waals surface area contributed by atoms with Gasteiger partial charge < -0.3 is 14.2 Å². The Morgan fingerprint density at radius 3 is 2.37 bits per heavy atom. The minimum atomic E-state index is -3.79. The second kappa shape index (κ2) is 10.3. The first-order valence-corrected chi connectivity index (χ1v) is 13.4. The highest BCUT2D eigenvalue weighted by Gasteiger charge is 2.30. The van der Waals surface area contributed by atoms with Crippen molar-refractivity contribution in [2.24, 2.45) is 4.99 Å². The zero-order valence-corrected chi connectivity index (χ0v) is 20.9. The molecule has 0 unspecified atom stereocenters. The molecule has 0 atom stereocenters. The van der Waals surface area contributed by atoms with Crippen molar-refractivity contribution in [1.82, 2.24) is 13.8 Å². The van der Waals surface area contributed by atoms with Crippen molar-refractivity contribution in [3.63, 3.8) is 0 Å². The lowest BCUT2D eigenvalue weighted by Gasteiger charge is -2.33. The third-order valence-corrected chi connectivity index (χ3v) is 8.63. The molecule has 186 valence electrons. The van der Waals surface area contributed by atoms with Crippen LogP contribution in [0.1, 0.15) is 24.2 Å². The number of nitrogens with zero attached hydrogens (tertiary/aromatic N) is 4. The first-order valence-electron chi connectivity index (χ1n) is 11.1. The normalized spacial score (nSPS) is 15.5. The van der Waals surface area contributed by atoms with Gasteiger partial charge in [-0.2, -0.15) is 9.30 Å². The van der Waals surface area contributed by atoms with Gasteiger partial charge in [-0.05, 0) is 50.2 Å². The molecule has 35 heavy (non-hydrogen) atoms. The SMILES string of the molecule is CCOC(=O)N1CCN(S(=O)(=O)c2ccc(C(=O)N=c3sc4cccc(F)c4n3CC)cc2)CC1. The Morgan fingerprint density at radius 2 is 1.74 bits per heavy atom. The van der Waals surface area contributed by atoms with E-state index in [4.69, 9.17) is 4.74 Å². The molecule has 4 rings (SSSR count). The van der Waals surface area contributed by atoms with Crippen LogP contribution in [0, 0.1) is 5.82 Å². The molecule has 0 N–H and O–H groups in total. The lowest BCUT2D eigenvalue weighted by Crippen LogP contribution is -2.50. The topological polar surface area (TPSA) is 101 Å². The Labute approximate surface area is 206 Å². The molecule has 0 spiro atoms. The van der Waals surface area contributed by atoms with Crippen molar-refractivity contribution in [3.05, 3.63) is 58.6 Å². The highest BCUT2D eigenvalue weighted by molar-refractivity contribution is 7.89. The number of aromatic nitrogens is 1. The summed E-state index contributed by atoms with van der Waals surface area (Å²) in [4.78, 5) is 30.7. The Hall–Kier alpha value is -3.09. The fourth-order valence-corrected chi connectivity index (χ4v) is 6.39. The summed E-state index contributed by atoms with van der Waals surface area (Å²) in [6.07, 6.45) is -0.457. The molecular formula is C23H25FN4O5S2. The van der Waals surface area contributed by atoms with Crippen LogP contribution in [-0.2, 0) is 21.3 Å². The summed E-state index contributed by atoms with van der Waals surface area (Å²) in [7, 11) is -3.79. The van der Waals surface area contributed by atoms with Crippen LogP contribution >= 0.6 is 11.3 Å². The number of carbonyl (C=O) groups excluding carboxylic acids is 2. The van der Waals surface area contributed by atoms with Crippen molar-refractivity contribution in [2.75, 3.05) is 32.8 Å². The summed E-state index contributed by atoms with van der Waals surface area (Å²) in [5.41, 5.74) is 0.618. The Bertz CT molecular complexity index is 1420. The molecule has 1 aliphatic rings. The zero-order chi connectivity index (χ0) is 25.2. The molecule has 0 bridgehead atoms. The minimum Gasteiger partial charge on any atom is -0.450 e. The monoisotopic (exact) mass is 520 g/mol. The van der Waals surface area contributed by atoms with Gasteiger partial charge in [-0.15, -0.1) is 0 Å². The van der Waals surface area contributed by atoms with Gasteiger partial charge in [-0.25, -0.2) is 17.6 Å². The molecule has 1 fully saturated rings. The average Bonchev–Trinajstić information content (AvgIpc) is 3.22. The van der Waals surface area contributed by atoms with Crippen LogP contribution < -0.4 is 4.80 Å². The fraction of sp³-hybridized carbons (Fsp3) is 0.348. The number of rotatable bonds is 5. The predicted octanol–water partition coefficient (Wildman–Crippen LogP) is 3.07. The van der Waals surface area contributed by atoms with Gasteiger partial charge in [0.1, 0.15) is 5.82 Å². The Kier molecular flexibility index (Phi) is 7.33. The molecule has 1 aliphatic heterocycles. The molecule has 2 heterocycles. The zero-order valence-electron chi connectivity index (χ0n) is 19.3. The lowest BCUT2D eigenvalue weighted by atomic mass is 10.2. The molecule has 0 radical (unpaired) electrons. The van der Waals surface area contributed by atoms with Gasteiger partial charge in [-0.1, -0.05) is 17.4 Å². The van der Waals surface area contributed by atoms with Gasteiger partial charge in [0.05, 0.1) is 21.7 Å². The Balaban J connectivity index is 1.52. The third kappa shape index (κ3) is 5.00. The van der Waals surface area contributed by atoms with E-state index in [2.05, 4.69) is 4.99 Å². The van der Waals surface area contributed by atoms with Crippen molar-refractivity contribution in [3.8, 4) is 0 Å². The number of hydrogen-bond acceptors (Lipinski definition) is 6. The number of benzene rings is 2. The number of halogens is 1. The van der Waals surface area contributed by atoms with E-state index in [1.165, 1.54) is 50.9 Å². The van der Waals surface area contributed by atoms with E-state index in [0.717, 1.165) is 0 Å². The smallest absolute Gasteiger partial charge is 0.409 e. The summed E-state index contributed by atoms with van der Waals surface area (Å²) < 4.78 is 48.9. The first kappa shape index (κ1) is 25.0. The number of ether oxygens (including phenoxy) is 1. The molecule has 3 aromatic rings. The van der Waals surface area contributed by atoms with Gasteiger partial charge in [0.15, 0.2) is 4.80 Å². The molecule has 1 saturated heterocycles. The number of aryl methyl sites for hydroxylation is 1. The van der Waals surface area contributed by atoms with E-state index in [9.17, 15) is 22.4 Å². The van der Waals surface area contributed by atoms with Gasteiger partial charge >= 0.3 is 6.09 Å². The standard InChI is InChI=1S/C23H25FN4O5S2/c1-3-28-20-18(24)6-5-7-19(20)34-22(28)25-21(29)16-8-10-17(11-9-16)35(31,32)27-14-12-26(13-15-27)23(30)33-4-2/h5-11H,3-4,12-15H2,1-2H3. The van der Waals surface area contributed by atoms with Crippen molar-refractivity contribution >= 4 is 43.6 Å². The maximum absolute atomic E-state index is 14.3. The summed E-state index contributed by atoms with van der Waals surface area (Å²) in [5.74, 6) is -0.932. The number of amides is 2. The van der Waals surface area contributed by atoms with Gasteiger partial charge in [0.2, 0.25) is 10.0 Å². The molecule has 12 heteroatoms. The lowest BCUT2D eigenvalue weighted by molar-refractivity contribution is 0.0933. The van der Waals surface area contributed by atoms with Crippen LogP contribution in [0.5, 0.6) is 0 Å². The van der Waals surface area contributed by atoms with E-state index in [0.29, 0.717) is 21.6 Å². The van der Waals surface area contributed by atoms with E-state index in [1.54, 1.807) is 23.6 Å². The second-order valence-electron chi connectivity index (χ2n) is 7.75. The van der Waals surface area contributed by atoms with Crippen LogP contribution in [0.15, 0.2) is 52.4 Å². The molecule has 0 saturated carbocycles. The quantitative estimate of drug-likeness (QED) is 0.515. The van der Waals surface area contributed by atoms with Gasteiger partial charge in [0, 0.05) is 38.3 Å². The van der Waals surface area contributed by atoms with E-state index in [-0.39, 0.29) is 49.1 Å². The number of fused-ring (bicyclic) bond motifs is 1. The van der Waals surface area contributed by atoms with Crippen LogP contribution in [0.4, 0.5) is 9.18 Å². The summed E-state index contributed by atoms with van der Waals surface area (Å²) in [6, 6.07) is 10.3. The molecule has 0 aliphatic carbocycles. The average molecular weight is 521 g/mol. The molecule has 2 aromatic carbocycles. The van der Waals surface area contributed by atoms with Crippen molar-refractivity contribution in [2.45, 2.75) is 25.3 Å². The largest absolute Gasteiger partial charge is 0.450 e. The number of para-hydroxylation sites is 1. The molecule has 2 amide bonds. The number of hydrogen-bond donors (Lipinski definition) is 0. The minimum absolute atomic E-state index is 0.0474. The van der Waals surface area contributed by atoms with E-state index >= 15 is 0 Å². The number of carbonyl (C=O) groups is 2. The maximum Gasteiger partial charge on any atom is 0.409 e. The van der Waals surface area contributed by atoms with Crippen LogP contribution in [0.25, 0.3) is 10.2 Å². The highest BCUT2D eigenvalue weighted by Crippen LogP contribution is 2.21. The fourth-order valence-electron chi connectivity index (χ4n) is 3.86. The highest BCUT2D eigenvalue weighted by atomic mass is 32.2. The first-order chi connectivity index (χ1) is 16.8. The molecular weight excluding hydrogens is 495 g/mol. The third-order valence-electron chi connectivity index (χ3n) is 5.67.